The smallest absolute Gasteiger partial charge is 0.119 e. The number of aliphatic imine (C=N–C) groups is 1. The van der Waals surface area contributed by atoms with Crippen LogP contribution in [0.15, 0.2) is 15.7 Å². The number of hydrogen-bond acceptors (Lipinski definition) is 3. The lowest BCUT2D eigenvalue weighted by Gasteiger charge is -2.05. The molecule has 0 aromatic rings. The molecule has 1 unspecified atom stereocenters. The van der Waals surface area contributed by atoms with Crippen LogP contribution in [-0.2, 0) is 0 Å². The zero-order valence-corrected chi connectivity index (χ0v) is 9.60. The van der Waals surface area contributed by atoms with Gasteiger partial charge in [-0.15, -0.1) is 0 Å². The maximum atomic E-state index is 12.6. The Morgan fingerprint density at radius 3 is 2.62 bits per heavy atom. The van der Waals surface area contributed by atoms with Crippen LogP contribution in [0.25, 0.3) is 0 Å². The van der Waals surface area contributed by atoms with Crippen LogP contribution in [0.1, 0.15) is 13.8 Å². The van der Waals surface area contributed by atoms with Crippen molar-refractivity contribution in [3.8, 4) is 0 Å². The van der Waals surface area contributed by atoms with E-state index in [9.17, 15) is 4.39 Å². The topological polar surface area (TPSA) is 36.4 Å². The zero-order valence-electron chi connectivity index (χ0n) is 8.01. The highest BCUT2D eigenvalue weighted by Gasteiger charge is 2.06. The van der Waals surface area contributed by atoms with Gasteiger partial charge in [-0.1, -0.05) is 0 Å². The fourth-order valence-corrected chi connectivity index (χ4v) is 0.718. The molecule has 0 aromatic carbocycles. The predicted molar refractivity (Wildman–Crippen MR) is 57.7 cm³/mol. The van der Waals surface area contributed by atoms with Crippen LogP contribution in [0.3, 0.4) is 0 Å². The van der Waals surface area contributed by atoms with Crippen LogP contribution < -0.4 is 10.9 Å². The maximum Gasteiger partial charge on any atom is 0.119 e. The van der Waals surface area contributed by atoms with Gasteiger partial charge in [-0.3, -0.25) is 4.99 Å². The molecule has 0 aliphatic carbocycles. The normalized spacial score (nSPS) is 17.5. The summed E-state index contributed by atoms with van der Waals surface area (Å²) in [6.07, 6.45) is 2.33. The lowest BCUT2D eigenvalue weighted by molar-refractivity contribution is 0.319. The van der Waals surface area contributed by atoms with Crippen LogP contribution >= 0.6 is 15.9 Å². The van der Waals surface area contributed by atoms with Crippen LogP contribution in [0.5, 0.6) is 0 Å². The van der Waals surface area contributed by atoms with Crippen molar-refractivity contribution in [2.45, 2.75) is 26.1 Å². The molecule has 0 spiro atoms. The third-order valence-corrected chi connectivity index (χ3v) is 1.89. The van der Waals surface area contributed by atoms with Crippen molar-refractivity contribution in [3.63, 3.8) is 0 Å². The number of allylic oxidation sites excluding steroid dienone is 1. The lowest BCUT2D eigenvalue weighted by atomic mass is 10.2. The van der Waals surface area contributed by atoms with E-state index >= 15 is 0 Å². The number of nitrogens with one attached hydrogen (secondary N) is 2. The number of halogens is 2. The first kappa shape index (κ1) is 12.6. The Kier molecular flexibility index (Phi) is 6.80. The Bertz CT molecular complexity index is 192. The average molecular weight is 252 g/mol. The van der Waals surface area contributed by atoms with Gasteiger partial charge < -0.3 is 5.43 Å². The van der Waals surface area contributed by atoms with Gasteiger partial charge in [-0.05, 0) is 29.8 Å². The summed E-state index contributed by atoms with van der Waals surface area (Å²) in [6, 6.07) is -0.310. The second-order valence-corrected chi connectivity index (χ2v) is 3.54. The summed E-state index contributed by atoms with van der Waals surface area (Å²) in [5.41, 5.74) is 5.47. The molecule has 0 aliphatic rings. The summed E-state index contributed by atoms with van der Waals surface area (Å²) in [6.45, 7) is 3.22. The molecule has 0 aromatic heterocycles. The molecule has 0 heterocycles. The van der Waals surface area contributed by atoms with Gasteiger partial charge in [-0.2, -0.15) is 0 Å². The average Bonchev–Trinajstić information content (AvgIpc) is 2.10. The number of rotatable bonds is 5. The van der Waals surface area contributed by atoms with Gasteiger partial charge in [0.2, 0.25) is 0 Å². The third-order valence-electron chi connectivity index (χ3n) is 1.45. The van der Waals surface area contributed by atoms with Crippen molar-refractivity contribution in [2.75, 3.05) is 7.05 Å². The zero-order chi connectivity index (χ0) is 10.3. The minimum atomic E-state index is -0.922. The molecule has 3 nitrogen and oxygen atoms in total. The van der Waals surface area contributed by atoms with E-state index in [4.69, 9.17) is 0 Å². The minimum Gasteiger partial charge on any atom is -0.328 e. The summed E-state index contributed by atoms with van der Waals surface area (Å²) in [4.78, 5) is 3.99. The van der Waals surface area contributed by atoms with Gasteiger partial charge in [-0.25, -0.2) is 9.82 Å². The first-order chi connectivity index (χ1) is 6.07. The highest BCUT2D eigenvalue weighted by Crippen LogP contribution is 2.04. The standard InChI is InChI=1S/C8H15BrFN3/c1-6(10)7(2)12-4-8(9)5-13-11-3/h4-7,11,13H,1-3H3/b8-5+,12-4-/t6?,7-/m0/s1. The Morgan fingerprint density at radius 1 is 1.54 bits per heavy atom. The fourth-order valence-electron chi connectivity index (χ4n) is 0.486. The quantitative estimate of drug-likeness (QED) is 0.577. The van der Waals surface area contributed by atoms with E-state index < -0.39 is 6.17 Å². The van der Waals surface area contributed by atoms with Crippen LogP contribution in [0.2, 0.25) is 0 Å². The van der Waals surface area contributed by atoms with Crippen molar-refractivity contribution in [3.05, 3.63) is 10.7 Å². The van der Waals surface area contributed by atoms with Crippen molar-refractivity contribution in [2.24, 2.45) is 4.99 Å². The molecular weight excluding hydrogens is 237 g/mol. The molecule has 0 radical (unpaired) electrons. The number of alkyl halides is 1. The summed E-state index contributed by atoms with van der Waals surface area (Å²) < 4.78 is 13.4. The minimum absolute atomic E-state index is 0.310. The van der Waals surface area contributed by atoms with E-state index in [1.807, 2.05) is 0 Å². The number of hydrogen-bond donors (Lipinski definition) is 2. The molecule has 13 heavy (non-hydrogen) atoms. The predicted octanol–water partition coefficient (Wildman–Crippen LogP) is 1.76. The molecule has 5 heteroatoms. The van der Waals surface area contributed by atoms with Crippen molar-refractivity contribution in [1.29, 1.82) is 0 Å². The molecule has 0 saturated carbocycles. The van der Waals surface area contributed by atoms with E-state index in [0.29, 0.717) is 0 Å². The van der Waals surface area contributed by atoms with Gasteiger partial charge in [0.05, 0.1) is 10.5 Å². The lowest BCUT2D eigenvalue weighted by Crippen LogP contribution is -2.21. The summed E-state index contributed by atoms with van der Waals surface area (Å²) in [5.74, 6) is 0. The molecule has 0 rings (SSSR count). The highest BCUT2D eigenvalue weighted by molar-refractivity contribution is 9.12. The van der Waals surface area contributed by atoms with Gasteiger partial charge in [0.25, 0.3) is 0 Å². The van der Waals surface area contributed by atoms with E-state index in [0.717, 1.165) is 4.48 Å². The molecule has 0 bridgehead atoms. The second-order valence-electron chi connectivity index (χ2n) is 2.62. The van der Waals surface area contributed by atoms with Crippen molar-refractivity contribution < 1.29 is 4.39 Å². The first-order valence-electron chi connectivity index (χ1n) is 4.03. The van der Waals surface area contributed by atoms with Gasteiger partial charge in [0, 0.05) is 19.5 Å². The molecule has 0 aliphatic heterocycles. The largest absolute Gasteiger partial charge is 0.328 e. The Labute approximate surface area is 86.6 Å². The van der Waals surface area contributed by atoms with Crippen molar-refractivity contribution >= 4 is 22.1 Å². The SMILES string of the molecule is CNN/C=C(Br)\C=N/[C@@H](C)C(C)F. The number of nitrogens with zero attached hydrogens (tertiary/aromatic N) is 1. The molecule has 0 amide bonds. The Hall–Kier alpha value is -0.420. The van der Waals surface area contributed by atoms with Crippen LogP contribution in [-0.4, -0.2) is 25.5 Å². The third kappa shape index (κ3) is 6.72. The fraction of sp³-hybridized carbons (Fsp3) is 0.625. The summed E-state index contributed by atoms with van der Waals surface area (Å²) >= 11 is 3.24. The molecule has 2 N–H and O–H groups in total. The molecular formula is C8H15BrFN3. The molecule has 76 valence electrons. The highest BCUT2D eigenvalue weighted by atomic mass is 79.9. The van der Waals surface area contributed by atoms with Gasteiger partial charge in [0.15, 0.2) is 0 Å². The Morgan fingerprint density at radius 2 is 2.15 bits per heavy atom. The summed E-state index contributed by atoms with van der Waals surface area (Å²) in [7, 11) is 1.75. The van der Waals surface area contributed by atoms with E-state index in [1.165, 1.54) is 6.92 Å². The second kappa shape index (κ2) is 7.03. The Balaban J connectivity index is 3.96. The van der Waals surface area contributed by atoms with Gasteiger partial charge >= 0.3 is 0 Å². The van der Waals surface area contributed by atoms with Crippen LogP contribution in [0.4, 0.5) is 4.39 Å². The number of hydrazine groups is 1. The molecule has 2 atom stereocenters. The molecule has 0 fully saturated rings. The summed E-state index contributed by atoms with van der Waals surface area (Å²) in [5, 5.41) is 0. The van der Waals surface area contributed by atoms with E-state index in [-0.39, 0.29) is 6.04 Å². The molecule has 0 saturated heterocycles. The van der Waals surface area contributed by atoms with Gasteiger partial charge in [0.1, 0.15) is 6.17 Å². The first-order valence-corrected chi connectivity index (χ1v) is 4.82. The van der Waals surface area contributed by atoms with E-state index in [2.05, 4.69) is 31.8 Å². The monoisotopic (exact) mass is 251 g/mol. The van der Waals surface area contributed by atoms with E-state index in [1.54, 1.807) is 26.4 Å². The van der Waals surface area contributed by atoms with Crippen molar-refractivity contribution in [1.82, 2.24) is 10.9 Å². The van der Waals surface area contributed by atoms with Crippen LogP contribution in [0, 0.1) is 0 Å². The maximum absolute atomic E-state index is 12.6.